The van der Waals surface area contributed by atoms with Crippen LogP contribution in [0.1, 0.15) is 41.4 Å². The lowest BCUT2D eigenvalue weighted by atomic mass is 10.1. The van der Waals surface area contributed by atoms with Crippen LogP contribution in [0.2, 0.25) is 0 Å². The molecule has 23 heavy (non-hydrogen) atoms. The highest BCUT2D eigenvalue weighted by atomic mass is 16.3. The number of aryl methyl sites for hydroxylation is 1. The number of unbranched alkanes of at least 4 members (excludes halogenated alkanes) is 1. The molecule has 1 amide bonds. The van der Waals surface area contributed by atoms with Gasteiger partial charge < -0.3 is 14.3 Å². The van der Waals surface area contributed by atoms with Gasteiger partial charge in [-0.1, -0.05) is 43.2 Å². The van der Waals surface area contributed by atoms with Gasteiger partial charge in [-0.3, -0.25) is 4.79 Å². The fraction of sp³-hybridized carbons (Fsp3) is 0.316. The largest absolute Gasteiger partial charge is 0.463 e. The van der Waals surface area contributed by atoms with Crippen molar-refractivity contribution in [3.63, 3.8) is 0 Å². The number of hydrogen-bond acceptors (Lipinski definition) is 2. The van der Waals surface area contributed by atoms with Crippen molar-refractivity contribution in [2.45, 2.75) is 33.2 Å². The Kier molecular flexibility index (Phi) is 4.51. The van der Waals surface area contributed by atoms with E-state index in [1.807, 2.05) is 16.7 Å². The Balaban J connectivity index is 1.90. The second-order valence-electron chi connectivity index (χ2n) is 5.88. The van der Waals surface area contributed by atoms with Gasteiger partial charge in [-0.05, 0) is 18.9 Å². The lowest BCUT2D eigenvalue weighted by Crippen LogP contribution is -2.27. The molecule has 0 aliphatic heterocycles. The van der Waals surface area contributed by atoms with Crippen molar-refractivity contribution in [1.82, 2.24) is 9.88 Å². The maximum absolute atomic E-state index is 12.5. The van der Waals surface area contributed by atoms with Gasteiger partial charge in [-0.15, -0.1) is 0 Å². The number of benzene rings is 1. The van der Waals surface area contributed by atoms with Gasteiger partial charge in [0.15, 0.2) is 5.58 Å². The molecule has 0 aliphatic rings. The molecule has 0 saturated heterocycles. The van der Waals surface area contributed by atoms with Crippen molar-refractivity contribution in [3.05, 3.63) is 59.5 Å². The summed E-state index contributed by atoms with van der Waals surface area (Å²) in [6.45, 7) is 5.53. The van der Waals surface area contributed by atoms with Crippen LogP contribution in [-0.4, -0.2) is 17.0 Å². The van der Waals surface area contributed by atoms with E-state index in [-0.39, 0.29) is 5.91 Å². The minimum atomic E-state index is -0.0445. The number of carbonyl (C=O) groups is 1. The van der Waals surface area contributed by atoms with Crippen molar-refractivity contribution in [2.75, 3.05) is 6.54 Å². The van der Waals surface area contributed by atoms with Gasteiger partial charge in [-0.2, -0.15) is 0 Å². The summed E-state index contributed by atoms with van der Waals surface area (Å²) in [7, 11) is 0. The number of amides is 1. The fourth-order valence-corrected chi connectivity index (χ4v) is 2.68. The van der Waals surface area contributed by atoms with Crippen molar-refractivity contribution in [1.29, 1.82) is 0 Å². The first-order valence-corrected chi connectivity index (χ1v) is 8.09. The third kappa shape index (κ3) is 3.31. The number of carbonyl (C=O) groups excluding carboxylic acids is 1. The number of fused-ring (bicyclic) bond motifs is 1. The number of hydrogen-bond donors (Lipinski definition) is 1. The Morgan fingerprint density at radius 1 is 1.22 bits per heavy atom. The zero-order valence-corrected chi connectivity index (χ0v) is 13.6. The van der Waals surface area contributed by atoms with Gasteiger partial charge in [-0.25, -0.2) is 0 Å². The maximum Gasteiger partial charge on any atom is 0.268 e. The van der Waals surface area contributed by atoms with E-state index in [1.54, 1.807) is 6.26 Å². The van der Waals surface area contributed by atoms with Crippen LogP contribution in [0.15, 0.2) is 47.1 Å². The van der Waals surface area contributed by atoms with Gasteiger partial charge in [0.25, 0.3) is 5.91 Å². The molecule has 0 atom stereocenters. The molecule has 3 rings (SSSR count). The summed E-state index contributed by atoms with van der Waals surface area (Å²) in [4.78, 5) is 12.5. The number of furan rings is 1. The second kappa shape index (κ2) is 6.73. The lowest BCUT2D eigenvalue weighted by Gasteiger charge is -2.11. The zero-order chi connectivity index (χ0) is 16.2. The van der Waals surface area contributed by atoms with E-state index in [4.69, 9.17) is 4.42 Å². The minimum absolute atomic E-state index is 0.0445. The van der Waals surface area contributed by atoms with Crippen LogP contribution in [0.25, 0.3) is 11.1 Å². The van der Waals surface area contributed by atoms with Crippen LogP contribution < -0.4 is 5.32 Å². The summed E-state index contributed by atoms with van der Waals surface area (Å²) >= 11 is 0. The van der Waals surface area contributed by atoms with Crippen molar-refractivity contribution in [3.8, 4) is 0 Å². The smallest absolute Gasteiger partial charge is 0.268 e. The molecule has 0 bridgehead atoms. The normalized spacial score (nSPS) is 11.0. The summed E-state index contributed by atoms with van der Waals surface area (Å²) < 4.78 is 7.49. The van der Waals surface area contributed by atoms with Crippen LogP contribution in [0.3, 0.4) is 0 Å². The Bertz CT molecular complexity index is 797. The molecule has 0 spiro atoms. The number of rotatable bonds is 6. The van der Waals surface area contributed by atoms with E-state index in [9.17, 15) is 4.79 Å². The predicted molar refractivity (Wildman–Crippen MR) is 91.7 cm³/mol. The molecule has 0 unspecified atom stereocenters. The average Bonchev–Trinajstić information content (AvgIpc) is 3.12. The summed E-state index contributed by atoms with van der Waals surface area (Å²) in [6.07, 6.45) is 3.71. The second-order valence-corrected chi connectivity index (χ2v) is 5.88. The van der Waals surface area contributed by atoms with E-state index in [0.29, 0.717) is 18.8 Å². The van der Waals surface area contributed by atoms with Gasteiger partial charge in [0.05, 0.1) is 11.8 Å². The first kappa shape index (κ1) is 15.4. The Labute approximate surface area is 136 Å². The molecule has 4 heteroatoms. The van der Waals surface area contributed by atoms with Gasteiger partial charge in [0, 0.05) is 25.2 Å². The van der Waals surface area contributed by atoms with Gasteiger partial charge in [0.2, 0.25) is 0 Å². The highest BCUT2D eigenvalue weighted by Gasteiger charge is 2.17. The molecule has 120 valence electrons. The van der Waals surface area contributed by atoms with Gasteiger partial charge in [0.1, 0.15) is 5.69 Å². The molecule has 1 N–H and O–H groups in total. The summed E-state index contributed by atoms with van der Waals surface area (Å²) in [6, 6.07) is 12.1. The zero-order valence-electron chi connectivity index (χ0n) is 13.6. The Morgan fingerprint density at radius 2 is 2.00 bits per heavy atom. The summed E-state index contributed by atoms with van der Waals surface area (Å²) in [5, 5.41) is 2.98. The van der Waals surface area contributed by atoms with E-state index >= 15 is 0 Å². The lowest BCUT2D eigenvalue weighted by molar-refractivity contribution is 0.0944. The first-order chi connectivity index (χ1) is 11.2. The van der Waals surface area contributed by atoms with E-state index in [2.05, 4.69) is 43.4 Å². The number of nitrogens with one attached hydrogen (secondary N) is 1. The first-order valence-electron chi connectivity index (χ1n) is 8.09. The fourth-order valence-electron chi connectivity index (χ4n) is 2.68. The van der Waals surface area contributed by atoms with Crippen LogP contribution in [0.5, 0.6) is 0 Å². The minimum Gasteiger partial charge on any atom is -0.463 e. The van der Waals surface area contributed by atoms with Crippen molar-refractivity contribution >= 4 is 17.0 Å². The molecule has 3 aromatic rings. The quantitative estimate of drug-likeness (QED) is 0.696. The number of aromatic nitrogens is 1. The molecule has 0 fully saturated rings. The molecule has 2 aromatic heterocycles. The van der Waals surface area contributed by atoms with Gasteiger partial charge >= 0.3 is 0 Å². The maximum atomic E-state index is 12.5. The predicted octanol–water partition coefficient (Wildman–Crippen LogP) is 4.12. The average molecular weight is 310 g/mol. The molecular formula is C19H22N2O2. The molecule has 4 nitrogen and oxygen atoms in total. The topological polar surface area (TPSA) is 47.2 Å². The monoisotopic (exact) mass is 310 g/mol. The van der Waals surface area contributed by atoms with Crippen LogP contribution in [0, 0.1) is 6.92 Å². The molecule has 0 radical (unpaired) electrons. The third-order valence-electron chi connectivity index (χ3n) is 4.03. The molecule has 0 saturated carbocycles. The highest BCUT2D eigenvalue weighted by molar-refractivity contribution is 5.97. The van der Waals surface area contributed by atoms with E-state index in [0.717, 1.165) is 29.5 Å². The summed E-state index contributed by atoms with van der Waals surface area (Å²) in [5.41, 5.74) is 4.74. The standard InChI is InChI=1S/C19H22N2O2/c1-3-4-10-20-19(22)17-12-18-16(9-11-23-18)21(17)13-15-7-5-14(2)6-8-15/h5-9,11-12H,3-4,10,13H2,1-2H3,(H,20,22). The van der Waals surface area contributed by atoms with E-state index < -0.39 is 0 Å². The van der Waals surface area contributed by atoms with Crippen LogP contribution >= 0.6 is 0 Å². The molecule has 2 heterocycles. The Morgan fingerprint density at radius 3 is 2.74 bits per heavy atom. The highest BCUT2D eigenvalue weighted by Crippen LogP contribution is 2.22. The Hall–Kier alpha value is -2.49. The summed E-state index contributed by atoms with van der Waals surface area (Å²) in [5.74, 6) is -0.0445. The van der Waals surface area contributed by atoms with Crippen LogP contribution in [-0.2, 0) is 6.54 Å². The molecule has 1 aromatic carbocycles. The SMILES string of the molecule is CCCCNC(=O)c1cc2occc2n1Cc1ccc(C)cc1. The van der Waals surface area contributed by atoms with Crippen molar-refractivity contribution in [2.24, 2.45) is 0 Å². The number of nitrogens with zero attached hydrogens (tertiary/aromatic N) is 1. The molecule has 0 aliphatic carbocycles. The van der Waals surface area contributed by atoms with Crippen LogP contribution in [0.4, 0.5) is 0 Å². The molecular weight excluding hydrogens is 288 g/mol. The van der Waals surface area contributed by atoms with Crippen molar-refractivity contribution < 1.29 is 9.21 Å². The third-order valence-corrected chi connectivity index (χ3v) is 4.03. The van der Waals surface area contributed by atoms with E-state index in [1.165, 1.54) is 5.56 Å².